The molecule has 0 aliphatic carbocycles. The van der Waals surface area contributed by atoms with Crippen LogP contribution in [0.25, 0.3) is 5.57 Å². The summed E-state index contributed by atoms with van der Waals surface area (Å²) in [5.74, 6) is -1.14. The van der Waals surface area contributed by atoms with Crippen LogP contribution in [0.4, 0.5) is 8.78 Å². The van der Waals surface area contributed by atoms with Gasteiger partial charge in [0.25, 0.3) is 0 Å². The lowest BCUT2D eigenvalue weighted by Crippen LogP contribution is -1.87. The third-order valence-corrected chi connectivity index (χ3v) is 1.63. The van der Waals surface area contributed by atoms with Crippen LogP contribution in [0.3, 0.4) is 0 Å². The van der Waals surface area contributed by atoms with Crippen molar-refractivity contribution in [3.8, 4) is 0 Å². The summed E-state index contributed by atoms with van der Waals surface area (Å²) in [7, 11) is 0. The number of benzene rings is 1. The summed E-state index contributed by atoms with van der Waals surface area (Å²) in [4.78, 5) is 0. The molecule has 0 nitrogen and oxygen atoms in total. The zero-order valence-electron chi connectivity index (χ0n) is 6.77. The van der Waals surface area contributed by atoms with E-state index in [1.54, 1.807) is 13.0 Å². The van der Waals surface area contributed by atoms with Gasteiger partial charge in [-0.25, -0.2) is 8.78 Å². The minimum absolute atomic E-state index is 0.346. The maximum atomic E-state index is 13.0. The quantitative estimate of drug-likeness (QED) is 0.602. The molecular weight excluding hydrogens is 158 g/mol. The lowest BCUT2D eigenvalue weighted by molar-refractivity contribution is 0.581. The Hall–Kier alpha value is -1.18. The van der Waals surface area contributed by atoms with E-state index in [4.69, 9.17) is 0 Å². The summed E-state index contributed by atoms with van der Waals surface area (Å²) >= 11 is 0. The van der Waals surface area contributed by atoms with Gasteiger partial charge in [0.2, 0.25) is 0 Å². The molecule has 12 heavy (non-hydrogen) atoms. The monoisotopic (exact) mass is 167 g/mol. The van der Waals surface area contributed by atoms with E-state index >= 15 is 0 Å². The molecule has 0 N–H and O–H groups in total. The second-order valence-corrected chi connectivity index (χ2v) is 2.44. The molecule has 1 aromatic carbocycles. The zero-order chi connectivity index (χ0) is 9.14. The fourth-order valence-corrected chi connectivity index (χ4v) is 0.905. The predicted octanol–water partition coefficient (Wildman–Crippen LogP) is 3.20. The van der Waals surface area contributed by atoms with E-state index < -0.39 is 11.6 Å². The Morgan fingerprint density at radius 1 is 1.42 bits per heavy atom. The molecule has 0 amide bonds. The minimum Gasteiger partial charge on any atom is -0.207 e. The first-order chi connectivity index (χ1) is 5.65. The summed E-state index contributed by atoms with van der Waals surface area (Å²) in [6.45, 7) is 5.37. The molecule has 0 atom stereocenters. The average molecular weight is 167 g/mol. The Labute approximate surface area is 70.5 Å². The Kier molecular flexibility index (Phi) is 2.58. The predicted molar refractivity (Wildman–Crippen MR) is 45.4 cm³/mol. The second kappa shape index (κ2) is 3.48. The van der Waals surface area contributed by atoms with Crippen molar-refractivity contribution in [2.45, 2.75) is 6.92 Å². The van der Waals surface area contributed by atoms with Crippen LogP contribution in [0, 0.1) is 18.6 Å². The van der Waals surface area contributed by atoms with Crippen molar-refractivity contribution in [3.63, 3.8) is 0 Å². The lowest BCUT2D eigenvalue weighted by Gasteiger charge is -2.01. The molecule has 0 saturated heterocycles. The van der Waals surface area contributed by atoms with Gasteiger partial charge in [0.1, 0.15) is 11.6 Å². The third kappa shape index (κ3) is 1.70. The molecule has 0 fully saturated rings. The van der Waals surface area contributed by atoms with E-state index in [9.17, 15) is 8.78 Å². The first kappa shape index (κ1) is 8.91. The third-order valence-electron chi connectivity index (χ3n) is 1.63. The van der Waals surface area contributed by atoms with Crippen LogP contribution in [0.5, 0.6) is 0 Å². The summed E-state index contributed by atoms with van der Waals surface area (Å²) in [6.07, 6.45) is 1.68. The maximum absolute atomic E-state index is 13.0. The van der Waals surface area contributed by atoms with Crippen LogP contribution >= 0.6 is 0 Å². The van der Waals surface area contributed by atoms with Crippen LogP contribution in [0.2, 0.25) is 0 Å². The van der Waals surface area contributed by atoms with Gasteiger partial charge >= 0.3 is 0 Å². The highest BCUT2D eigenvalue weighted by molar-refractivity contribution is 5.68. The van der Waals surface area contributed by atoms with Crippen LogP contribution in [-0.2, 0) is 0 Å². The van der Waals surface area contributed by atoms with Crippen LogP contribution in [0.15, 0.2) is 24.3 Å². The van der Waals surface area contributed by atoms with Crippen molar-refractivity contribution >= 4 is 5.57 Å². The Balaban J connectivity index is 3.18. The molecule has 0 unspecified atom stereocenters. The van der Waals surface area contributed by atoms with Crippen LogP contribution in [0.1, 0.15) is 12.5 Å². The Morgan fingerprint density at radius 3 is 2.58 bits per heavy atom. The molecule has 2 heteroatoms. The van der Waals surface area contributed by atoms with E-state index in [1.807, 2.05) is 0 Å². The molecule has 0 heterocycles. The molecule has 0 aliphatic rings. The summed E-state index contributed by atoms with van der Waals surface area (Å²) < 4.78 is 25.4. The number of rotatable bonds is 1. The molecular formula is C10H9F2. The topological polar surface area (TPSA) is 0 Å². The molecule has 0 aromatic heterocycles. The Morgan fingerprint density at radius 2 is 2.08 bits per heavy atom. The summed E-state index contributed by atoms with van der Waals surface area (Å²) in [5.41, 5.74) is 0.909. The number of halogens is 2. The van der Waals surface area contributed by atoms with Gasteiger partial charge in [0.15, 0.2) is 0 Å². The first-order valence-electron chi connectivity index (χ1n) is 3.59. The van der Waals surface area contributed by atoms with E-state index in [1.165, 1.54) is 12.1 Å². The summed E-state index contributed by atoms with van der Waals surface area (Å²) in [5, 5.41) is 0. The molecule has 0 saturated carbocycles. The van der Waals surface area contributed by atoms with Gasteiger partial charge in [-0.3, -0.25) is 0 Å². The number of allylic oxidation sites excluding steroid dienone is 2. The van der Waals surface area contributed by atoms with Crippen molar-refractivity contribution in [3.05, 3.63) is 48.4 Å². The van der Waals surface area contributed by atoms with Gasteiger partial charge in [0, 0.05) is 11.6 Å². The minimum atomic E-state index is -0.571. The lowest BCUT2D eigenvalue weighted by atomic mass is 10.1. The zero-order valence-corrected chi connectivity index (χ0v) is 6.77. The van der Waals surface area contributed by atoms with Gasteiger partial charge < -0.3 is 0 Å². The van der Waals surface area contributed by atoms with Crippen LogP contribution < -0.4 is 0 Å². The number of hydrogen-bond acceptors (Lipinski definition) is 0. The number of hydrogen-bond donors (Lipinski definition) is 0. The normalized spacial score (nSPS) is 11.8. The first-order valence-corrected chi connectivity index (χ1v) is 3.59. The fraction of sp³-hybridized carbons (Fsp3) is 0.100. The molecule has 0 spiro atoms. The Bertz CT molecular complexity index is 314. The summed E-state index contributed by atoms with van der Waals surface area (Å²) in [6, 6.07) is 3.45. The maximum Gasteiger partial charge on any atom is 0.133 e. The largest absolute Gasteiger partial charge is 0.207 e. The fourth-order valence-electron chi connectivity index (χ4n) is 0.905. The van der Waals surface area contributed by atoms with E-state index in [2.05, 4.69) is 6.92 Å². The van der Waals surface area contributed by atoms with Crippen molar-refractivity contribution in [2.24, 2.45) is 0 Å². The van der Waals surface area contributed by atoms with Crippen molar-refractivity contribution in [2.75, 3.05) is 0 Å². The molecule has 1 rings (SSSR count). The molecule has 0 bridgehead atoms. The van der Waals surface area contributed by atoms with Crippen molar-refractivity contribution in [1.82, 2.24) is 0 Å². The van der Waals surface area contributed by atoms with E-state index in [-0.39, 0.29) is 0 Å². The highest BCUT2D eigenvalue weighted by Gasteiger charge is 2.03. The van der Waals surface area contributed by atoms with Crippen molar-refractivity contribution in [1.29, 1.82) is 0 Å². The smallest absolute Gasteiger partial charge is 0.133 e. The second-order valence-electron chi connectivity index (χ2n) is 2.44. The van der Waals surface area contributed by atoms with Gasteiger partial charge in [-0.05, 0) is 31.6 Å². The molecule has 63 valence electrons. The van der Waals surface area contributed by atoms with Gasteiger partial charge in [0.05, 0.1) is 0 Å². The highest BCUT2D eigenvalue weighted by atomic mass is 19.1. The average Bonchev–Trinajstić information content (AvgIpc) is 2.03. The van der Waals surface area contributed by atoms with Crippen molar-refractivity contribution < 1.29 is 8.78 Å². The van der Waals surface area contributed by atoms with Gasteiger partial charge in [-0.15, -0.1) is 0 Å². The SMILES string of the molecule is [CH2]/C(=C/C)c1ccc(F)cc1F. The van der Waals surface area contributed by atoms with Gasteiger partial charge in [-0.1, -0.05) is 6.08 Å². The molecule has 0 aliphatic heterocycles. The van der Waals surface area contributed by atoms with E-state index in [0.29, 0.717) is 11.1 Å². The van der Waals surface area contributed by atoms with Crippen LogP contribution in [-0.4, -0.2) is 0 Å². The molecule has 1 radical (unpaired) electrons. The standard InChI is InChI=1S/C10H9F2/c1-3-7(2)9-5-4-8(11)6-10(9)12/h3-6H,2H2,1H3/b7-3-. The highest BCUT2D eigenvalue weighted by Crippen LogP contribution is 2.17. The molecule has 1 aromatic rings. The van der Waals surface area contributed by atoms with E-state index in [0.717, 1.165) is 6.07 Å². The van der Waals surface area contributed by atoms with Gasteiger partial charge in [-0.2, -0.15) is 0 Å².